The van der Waals surface area contributed by atoms with Crippen molar-refractivity contribution in [1.29, 1.82) is 0 Å². The predicted octanol–water partition coefficient (Wildman–Crippen LogP) is 1.14. The number of carbonyl (C=O) groups excluding carboxylic acids is 1. The van der Waals surface area contributed by atoms with Crippen LogP contribution in [0.5, 0.6) is 0 Å². The summed E-state index contributed by atoms with van der Waals surface area (Å²) in [4.78, 5) is 14.0. The van der Waals surface area contributed by atoms with Gasteiger partial charge >= 0.3 is 6.03 Å². The summed E-state index contributed by atoms with van der Waals surface area (Å²) in [6, 6.07) is -0.126. The van der Waals surface area contributed by atoms with Gasteiger partial charge in [-0.25, -0.2) is 4.79 Å². The smallest absolute Gasteiger partial charge is 0.318 e. The maximum Gasteiger partial charge on any atom is 0.318 e. The molecule has 0 bridgehead atoms. The number of urea groups is 1. The second-order valence-electron chi connectivity index (χ2n) is 6.07. The van der Waals surface area contributed by atoms with Crippen molar-refractivity contribution in [2.75, 3.05) is 39.3 Å². The van der Waals surface area contributed by atoms with Gasteiger partial charge in [-0.15, -0.1) is 0 Å². The zero-order valence-corrected chi connectivity index (χ0v) is 12.7. The molecule has 1 aliphatic heterocycles. The highest BCUT2D eigenvalue weighted by atomic mass is 16.2. The first kappa shape index (κ1) is 16.0. The van der Waals surface area contributed by atoms with E-state index in [0.29, 0.717) is 6.54 Å². The van der Waals surface area contributed by atoms with Crippen molar-refractivity contribution in [2.45, 2.75) is 27.7 Å². The molecule has 3 N–H and O–H groups in total. The Morgan fingerprint density at radius 3 is 2.53 bits per heavy atom. The van der Waals surface area contributed by atoms with Crippen molar-refractivity contribution in [3.8, 4) is 0 Å². The van der Waals surface area contributed by atoms with Crippen molar-refractivity contribution in [1.82, 2.24) is 20.9 Å². The molecule has 1 aliphatic rings. The molecule has 0 spiro atoms. The summed E-state index contributed by atoms with van der Waals surface area (Å²) >= 11 is 0. The number of piperazine rings is 1. The second kappa shape index (κ2) is 7.50. The van der Waals surface area contributed by atoms with Gasteiger partial charge in [-0.3, -0.25) is 4.90 Å². The second-order valence-corrected chi connectivity index (χ2v) is 6.07. The third kappa shape index (κ3) is 6.59. The Labute approximate surface area is 116 Å². The summed E-state index contributed by atoms with van der Waals surface area (Å²) in [6.07, 6.45) is 1.79. The molecular weight excluding hydrogens is 240 g/mol. The van der Waals surface area contributed by atoms with Gasteiger partial charge < -0.3 is 16.0 Å². The van der Waals surface area contributed by atoms with Gasteiger partial charge in [0.2, 0.25) is 0 Å². The molecule has 1 rings (SSSR count). The normalized spacial score (nSPS) is 18.2. The van der Waals surface area contributed by atoms with E-state index in [2.05, 4.69) is 41.6 Å². The predicted molar refractivity (Wildman–Crippen MR) is 79.1 cm³/mol. The van der Waals surface area contributed by atoms with Crippen LogP contribution >= 0.6 is 0 Å². The number of allylic oxidation sites excluding steroid dienone is 1. The van der Waals surface area contributed by atoms with Gasteiger partial charge in [0.15, 0.2) is 0 Å². The van der Waals surface area contributed by atoms with Crippen LogP contribution in [-0.4, -0.2) is 50.2 Å². The highest BCUT2D eigenvalue weighted by molar-refractivity contribution is 5.74. The molecule has 0 atom stereocenters. The molecule has 5 heteroatoms. The van der Waals surface area contributed by atoms with Gasteiger partial charge in [-0.2, -0.15) is 0 Å². The van der Waals surface area contributed by atoms with Crippen molar-refractivity contribution in [3.05, 3.63) is 11.8 Å². The fraction of sp³-hybridized carbons (Fsp3) is 0.786. The molecular formula is C14H28N4O. The maximum absolute atomic E-state index is 11.6. The lowest BCUT2D eigenvalue weighted by Crippen LogP contribution is -2.47. The molecule has 0 aromatic carbocycles. The summed E-state index contributed by atoms with van der Waals surface area (Å²) in [5, 5.41) is 8.98. The Balaban J connectivity index is 2.17. The SMILES string of the molecule is C/C(=C\NC(=O)NCCN1CCNCC1)C(C)(C)C. The zero-order valence-electron chi connectivity index (χ0n) is 12.7. The first-order chi connectivity index (χ1) is 8.89. The van der Waals surface area contributed by atoms with Crippen LogP contribution in [0.25, 0.3) is 0 Å². The van der Waals surface area contributed by atoms with Crippen LogP contribution in [0, 0.1) is 5.41 Å². The monoisotopic (exact) mass is 268 g/mol. The van der Waals surface area contributed by atoms with Crippen LogP contribution in [0.1, 0.15) is 27.7 Å². The third-order valence-electron chi connectivity index (χ3n) is 3.53. The minimum atomic E-state index is -0.126. The minimum absolute atomic E-state index is 0.0914. The fourth-order valence-electron chi connectivity index (χ4n) is 1.70. The van der Waals surface area contributed by atoms with Crippen molar-refractivity contribution in [2.24, 2.45) is 5.41 Å². The number of amides is 2. The van der Waals surface area contributed by atoms with Crippen molar-refractivity contribution in [3.63, 3.8) is 0 Å². The topological polar surface area (TPSA) is 56.4 Å². The molecule has 1 heterocycles. The van der Waals surface area contributed by atoms with Crippen molar-refractivity contribution >= 4 is 6.03 Å². The van der Waals surface area contributed by atoms with Crippen LogP contribution in [0.3, 0.4) is 0 Å². The van der Waals surface area contributed by atoms with Gasteiger partial charge in [0.1, 0.15) is 0 Å². The van der Waals surface area contributed by atoms with Crippen LogP contribution in [0.15, 0.2) is 11.8 Å². The van der Waals surface area contributed by atoms with Crippen LogP contribution in [0.4, 0.5) is 4.79 Å². The third-order valence-corrected chi connectivity index (χ3v) is 3.53. The quantitative estimate of drug-likeness (QED) is 0.717. The highest BCUT2D eigenvalue weighted by Crippen LogP contribution is 2.23. The van der Waals surface area contributed by atoms with E-state index < -0.39 is 0 Å². The highest BCUT2D eigenvalue weighted by Gasteiger charge is 2.12. The fourth-order valence-corrected chi connectivity index (χ4v) is 1.70. The van der Waals surface area contributed by atoms with E-state index in [1.54, 1.807) is 6.20 Å². The summed E-state index contributed by atoms with van der Waals surface area (Å²) in [6.45, 7) is 14.2. The Morgan fingerprint density at radius 2 is 1.95 bits per heavy atom. The van der Waals surface area contributed by atoms with E-state index >= 15 is 0 Å². The van der Waals surface area contributed by atoms with E-state index in [1.165, 1.54) is 0 Å². The van der Waals surface area contributed by atoms with Gasteiger partial charge in [0.25, 0.3) is 0 Å². The summed E-state index contributed by atoms with van der Waals surface area (Å²) < 4.78 is 0. The molecule has 1 fully saturated rings. The number of carbonyl (C=O) groups is 1. The van der Waals surface area contributed by atoms with Crippen LogP contribution < -0.4 is 16.0 Å². The zero-order chi connectivity index (χ0) is 14.3. The first-order valence-corrected chi connectivity index (χ1v) is 7.04. The molecule has 1 saturated heterocycles. The standard InChI is InChI=1S/C14H28N4O/c1-12(14(2,3)4)11-17-13(19)16-7-10-18-8-5-15-6-9-18/h11,15H,5-10H2,1-4H3,(H2,16,17,19)/b12-11+. The Morgan fingerprint density at radius 1 is 1.32 bits per heavy atom. The van der Waals surface area contributed by atoms with E-state index in [-0.39, 0.29) is 11.4 Å². The van der Waals surface area contributed by atoms with E-state index in [4.69, 9.17) is 0 Å². The molecule has 0 aliphatic carbocycles. The Hall–Kier alpha value is -1.07. The number of rotatable bonds is 4. The van der Waals surface area contributed by atoms with Gasteiger partial charge in [0.05, 0.1) is 0 Å². The summed E-state index contributed by atoms with van der Waals surface area (Å²) in [5.41, 5.74) is 1.25. The summed E-state index contributed by atoms with van der Waals surface area (Å²) in [7, 11) is 0. The lowest BCUT2D eigenvalue weighted by molar-refractivity contribution is 0.229. The van der Waals surface area contributed by atoms with E-state index in [9.17, 15) is 4.79 Å². The largest absolute Gasteiger partial charge is 0.337 e. The molecule has 0 aromatic rings. The number of nitrogens with one attached hydrogen (secondary N) is 3. The molecule has 19 heavy (non-hydrogen) atoms. The van der Waals surface area contributed by atoms with Gasteiger partial charge in [-0.05, 0) is 12.3 Å². The van der Waals surface area contributed by atoms with E-state index in [0.717, 1.165) is 38.3 Å². The van der Waals surface area contributed by atoms with Gasteiger partial charge in [-0.1, -0.05) is 26.3 Å². The minimum Gasteiger partial charge on any atom is -0.337 e. The number of nitrogens with zero attached hydrogens (tertiary/aromatic N) is 1. The lowest BCUT2D eigenvalue weighted by atomic mass is 9.88. The molecule has 5 nitrogen and oxygen atoms in total. The van der Waals surface area contributed by atoms with E-state index in [1.807, 2.05) is 6.92 Å². The van der Waals surface area contributed by atoms with Crippen LogP contribution in [0.2, 0.25) is 0 Å². The average Bonchev–Trinajstić information content (AvgIpc) is 2.36. The Kier molecular flexibility index (Phi) is 6.31. The molecule has 0 radical (unpaired) electrons. The molecule has 0 aromatic heterocycles. The first-order valence-electron chi connectivity index (χ1n) is 7.04. The van der Waals surface area contributed by atoms with Crippen LogP contribution in [-0.2, 0) is 0 Å². The maximum atomic E-state index is 11.6. The molecule has 0 unspecified atom stereocenters. The Bertz CT molecular complexity index is 314. The summed E-state index contributed by atoms with van der Waals surface area (Å²) in [5.74, 6) is 0. The lowest BCUT2D eigenvalue weighted by Gasteiger charge is -2.27. The van der Waals surface area contributed by atoms with Gasteiger partial charge in [0, 0.05) is 45.5 Å². The molecule has 0 saturated carbocycles. The van der Waals surface area contributed by atoms with Crippen molar-refractivity contribution < 1.29 is 4.79 Å². The molecule has 110 valence electrons. The average molecular weight is 268 g/mol. The molecule has 2 amide bonds. The number of hydrogen-bond acceptors (Lipinski definition) is 3. The number of hydrogen-bond donors (Lipinski definition) is 3.